The lowest BCUT2D eigenvalue weighted by Crippen LogP contribution is -2.38. The standard InChI is InChI=1S/C33H37N3O3S/c1-21-17-22(5-6-24(21)20-36-15-3-4-16-36)18-28-27-12-11-26(37)19-30(27)40-32(28)23-7-9-25(10-8-23)34-33(39)29-13-14-31(38)35(29)2/h5,7-12,17,19,24,29,37H,3-4,6,13-16,18,20H2,1-2H3,(H,34,39). The molecule has 6 nitrogen and oxygen atoms in total. The van der Waals surface area contributed by atoms with E-state index in [2.05, 4.69) is 41.4 Å². The van der Waals surface area contributed by atoms with Gasteiger partial charge in [-0.2, -0.15) is 0 Å². The molecule has 2 fully saturated rings. The van der Waals surface area contributed by atoms with E-state index in [1.807, 2.05) is 24.3 Å². The predicted molar refractivity (Wildman–Crippen MR) is 163 cm³/mol. The van der Waals surface area contributed by atoms with Crippen molar-refractivity contribution in [2.75, 3.05) is 32.0 Å². The van der Waals surface area contributed by atoms with Crippen LogP contribution in [0.4, 0.5) is 5.69 Å². The van der Waals surface area contributed by atoms with Crippen LogP contribution in [0.2, 0.25) is 0 Å². The fourth-order valence-corrected chi connectivity index (χ4v) is 7.62. The summed E-state index contributed by atoms with van der Waals surface area (Å²) >= 11 is 1.70. The van der Waals surface area contributed by atoms with Crippen molar-refractivity contribution >= 4 is 38.9 Å². The first-order valence-corrected chi connectivity index (χ1v) is 15.2. The van der Waals surface area contributed by atoms with Crippen LogP contribution in [0.3, 0.4) is 0 Å². The molecule has 2 aromatic carbocycles. The Morgan fingerprint density at radius 3 is 2.60 bits per heavy atom. The summed E-state index contributed by atoms with van der Waals surface area (Å²) in [6.07, 6.45) is 10.4. The van der Waals surface area contributed by atoms with Crippen LogP contribution in [0, 0.1) is 5.92 Å². The number of aromatic hydroxyl groups is 1. The van der Waals surface area contributed by atoms with Crippen molar-refractivity contribution in [1.29, 1.82) is 0 Å². The molecule has 6 rings (SSSR count). The Hall–Kier alpha value is -3.42. The van der Waals surface area contributed by atoms with E-state index in [0.717, 1.165) is 35.3 Å². The van der Waals surface area contributed by atoms with Gasteiger partial charge in [-0.15, -0.1) is 11.3 Å². The van der Waals surface area contributed by atoms with Gasteiger partial charge >= 0.3 is 0 Å². The van der Waals surface area contributed by atoms with Gasteiger partial charge in [-0.1, -0.05) is 29.9 Å². The van der Waals surface area contributed by atoms with Crippen LogP contribution < -0.4 is 5.32 Å². The second kappa shape index (κ2) is 11.2. The highest BCUT2D eigenvalue weighted by Gasteiger charge is 2.33. The van der Waals surface area contributed by atoms with Crippen molar-refractivity contribution in [1.82, 2.24) is 9.80 Å². The summed E-state index contributed by atoms with van der Waals surface area (Å²) in [5.41, 5.74) is 5.91. The summed E-state index contributed by atoms with van der Waals surface area (Å²) < 4.78 is 1.07. The summed E-state index contributed by atoms with van der Waals surface area (Å²) in [7, 11) is 1.69. The van der Waals surface area contributed by atoms with Crippen LogP contribution in [-0.2, 0) is 16.0 Å². The van der Waals surface area contributed by atoms with E-state index in [9.17, 15) is 14.7 Å². The van der Waals surface area contributed by atoms with Crippen molar-refractivity contribution in [3.63, 3.8) is 0 Å². The highest BCUT2D eigenvalue weighted by molar-refractivity contribution is 7.22. The number of hydrogen-bond acceptors (Lipinski definition) is 5. The van der Waals surface area contributed by atoms with Gasteiger partial charge in [0.1, 0.15) is 11.8 Å². The van der Waals surface area contributed by atoms with E-state index < -0.39 is 6.04 Å². The van der Waals surface area contributed by atoms with Gasteiger partial charge in [0.25, 0.3) is 0 Å². The highest BCUT2D eigenvalue weighted by Crippen LogP contribution is 2.42. The topological polar surface area (TPSA) is 72.9 Å². The smallest absolute Gasteiger partial charge is 0.247 e. The largest absolute Gasteiger partial charge is 0.508 e. The zero-order chi connectivity index (χ0) is 27.8. The second-order valence-electron chi connectivity index (χ2n) is 11.5. The Kier molecular flexibility index (Phi) is 7.51. The number of thiophene rings is 1. The normalized spacial score (nSPS) is 21.6. The monoisotopic (exact) mass is 555 g/mol. The van der Waals surface area contributed by atoms with Gasteiger partial charge in [0.05, 0.1) is 0 Å². The maximum Gasteiger partial charge on any atom is 0.247 e. The SMILES string of the molecule is CC1=CC(Cc2c(-c3ccc(NC(=O)C4CCC(=O)N4C)cc3)sc3cc(O)ccc23)=CCC1CN1CCCC1. The number of hydrogen-bond donors (Lipinski definition) is 2. The number of phenolic OH excluding ortho intramolecular Hbond substituents is 1. The molecular formula is C33H37N3O3S. The van der Waals surface area contributed by atoms with Gasteiger partial charge in [-0.3, -0.25) is 9.59 Å². The Balaban J connectivity index is 1.23. The van der Waals surface area contributed by atoms with E-state index in [4.69, 9.17) is 0 Å². The first kappa shape index (κ1) is 26.8. The maximum atomic E-state index is 12.8. The molecule has 2 amide bonds. The first-order valence-electron chi connectivity index (χ1n) is 14.4. The molecule has 1 aliphatic carbocycles. The van der Waals surface area contributed by atoms with E-state index in [-0.39, 0.29) is 17.6 Å². The summed E-state index contributed by atoms with van der Waals surface area (Å²) in [6.45, 7) is 5.91. The number of nitrogens with one attached hydrogen (secondary N) is 1. The molecule has 0 spiro atoms. The molecule has 2 unspecified atom stereocenters. The highest BCUT2D eigenvalue weighted by atomic mass is 32.1. The number of phenols is 1. The van der Waals surface area contributed by atoms with Gasteiger partial charge < -0.3 is 20.2 Å². The Morgan fingerprint density at radius 2 is 1.90 bits per heavy atom. The third kappa shape index (κ3) is 5.45. The molecule has 3 aromatic rings. The van der Waals surface area contributed by atoms with Crippen molar-refractivity contribution in [3.05, 3.63) is 71.3 Å². The summed E-state index contributed by atoms with van der Waals surface area (Å²) in [6, 6.07) is 13.2. The lowest BCUT2D eigenvalue weighted by molar-refractivity contribution is -0.131. The molecule has 0 radical (unpaired) electrons. The third-order valence-electron chi connectivity index (χ3n) is 8.77. The maximum absolute atomic E-state index is 12.8. The van der Waals surface area contributed by atoms with Crippen molar-refractivity contribution in [2.45, 2.75) is 51.5 Å². The summed E-state index contributed by atoms with van der Waals surface area (Å²) in [4.78, 5) is 29.9. The minimum absolute atomic E-state index is 0.0130. The second-order valence-corrected chi connectivity index (χ2v) is 12.6. The zero-order valence-electron chi connectivity index (χ0n) is 23.3. The molecule has 40 heavy (non-hydrogen) atoms. The zero-order valence-corrected chi connectivity index (χ0v) is 24.1. The Bertz CT molecular complexity index is 1500. The average molecular weight is 556 g/mol. The van der Waals surface area contributed by atoms with E-state index >= 15 is 0 Å². The van der Waals surface area contributed by atoms with E-state index in [0.29, 0.717) is 18.8 Å². The van der Waals surface area contributed by atoms with Crippen LogP contribution in [0.1, 0.15) is 44.6 Å². The molecule has 0 bridgehead atoms. The fraction of sp³-hybridized carbons (Fsp3) is 0.394. The number of amides is 2. The Morgan fingerprint density at radius 1 is 1.12 bits per heavy atom. The van der Waals surface area contributed by atoms with E-state index in [1.165, 1.54) is 57.8 Å². The van der Waals surface area contributed by atoms with Crippen LogP contribution in [0.5, 0.6) is 5.75 Å². The van der Waals surface area contributed by atoms with Crippen LogP contribution in [-0.4, -0.2) is 59.4 Å². The molecule has 3 aliphatic rings. The predicted octanol–water partition coefficient (Wildman–Crippen LogP) is 6.36. The van der Waals surface area contributed by atoms with Crippen molar-refractivity contribution in [2.24, 2.45) is 5.92 Å². The average Bonchev–Trinajstić information content (AvgIpc) is 3.66. The van der Waals surface area contributed by atoms with Gasteiger partial charge in [0.2, 0.25) is 11.8 Å². The molecule has 2 aliphatic heterocycles. The molecule has 208 valence electrons. The third-order valence-corrected chi connectivity index (χ3v) is 10.0. The van der Waals surface area contributed by atoms with Gasteiger partial charge in [0, 0.05) is 35.3 Å². The van der Waals surface area contributed by atoms with Crippen LogP contribution in [0.25, 0.3) is 20.5 Å². The van der Waals surface area contributed by atoms with Gasteiger partial charge in [-0.05, 0) is 110 Å². The molecule has 7 heteroatoms. The van der Waals surface area contributed by atoms with Crippen LogP contribution in [0.15, 0.2) is 65.8 Å². The quantitative estimate of drug-likeness (QED) is 0.356. The number of allylic oxidation sites excluding steroid dienone is 3. The molecule has 1 aromatic heterocycles. The number of nitrogens with zero attached hydrogens (tertiary/aromatic N) is 2. The van der Waals surface area contributed by atoms with Crippen molar-refractivity contribution < 1.29 is 14.7 Å². The molecular weight excluding hydrogens is 518 g/mol. The molecule has 2 saturated heterocycles. The number of benzene rings is 2. The fourth-order valence-electron chi connectivity index (χ4n) is 6.36. The summed E-state index contributed by atoms with van der Waals surface area (Å²) in [5.74, 6) is 0.743. The molecule has 2 atom stereocenters. The lowest BCUT2D eigenvalue weighted by atomic mass is 9.86. The van der Waals surface area contributed by atoms with E-state index in [1.54, 1.807) is 24.5 Å². The number of carbonyl (C=O) groups is 2. The summed E-state index contributed by atoms with van der Waals surface area (Å²) in [5, 5.41) is 14.3. The Labute approximate surface area is 240 Å². The molecule has 3 heterocycles. The number of likely N-dealkylation sites (tertiary alicyclic amines) is 2. The lowest BCUT2D eigenvalue weighted by Gasteiger charge is -2.26. The van der Waals surface area contributed by atoms with Gasteiger partial charge in [0.15, 0.2) is 0 Å². The number of rotatable bonds is 7. The number of fused-ring (bicyclic) bond motifs is 1. The van der Waals surface area contributed by atoms with Crippen LogP contribution >= 0.6 is 11.3 Å². The first-order chi connectivity index (χ1) is 19.4. The minimum atomic E-state index is -0.413. The minimum Gasteiger partial charge on any atom is -0.508 e. The number of likely N-dealkylation sites (N-methyl/N-ethyl adjacent to an activating group) is 1. The number of carbonyl (C=O) groups excluding carboxylic acids is 2. The van der Waals surface area contributed by atoms with Gasteiger partial charge in [-0.25, -0.2) is 0 Å². The number of anilines is 1. The molecule has 0 saturated carbocycles. The molecule has 2 N–H and O–H groups in total. The van der Waals surface area contributed by atoms with Crippen molar-refractivity contribution in [3.8, 4) is 16.2 Å².